The van der Waals surface area contributed by atoms with Gasteiger partial charge < -0.3 is 14.2 Å². The van der Waals surface area contributed by atoms with E-state index in [1.165, 1.54) is 12.1 Å². The van der Waals surface area contributed by atoms with Crippen LogP contribution in [-0.4, -0.2) is 28.6 Å². The quantitative estimate of drug-likeness (QED) is 0.536. The summed E-state index contributed by atoms with van der Waals surface area (Å²) in [4.78, 5) is 11.5. The van der Waals surface area contributed by atoms with E-state index in [-0.39, 0.29) is 28.3 Å². The third-order valence-corrected chi connectivity index (χ3v) is 5.91. The fourth-order valence-electron chi connectivity index (χ4n) is 2.96. The predicted molar refractivity (Wildman–Crippen MR) is 118 cm³/mol. The van der Waals surface area contributed by atoms with Gasteiger partial charge in [0.25, 0.3) is 0 Å². The Morgan fingerprint density at radius 2 is 1.16 bits per heavy atom. The van der Waals surface area contributed by atoms with Crippen molar-refractivity contribution in [3.05, 3.63) is 83.4 Å². The van der Waals surface area contributed by atoms with Crippen molar-refractivity contribution in [2.24, 2.45) is 0 Å². The van der Waals surface area contributed by atoms with Crippen LogP contribution in [0.1, 0.15) is 21.5 Å². The molecule has 0 aliphatic heterocycles. The van der Waals surface area contributed by atoms with Gasteiger partial charge in [0, 0.05) is 0 Å². The average molecular weight is 459 g/mol. The molecule has 0 spiro atoms. The molecule has 0 fully saturated rings. The second kappa shape index (κ2) is 9.40. The van der Waals surface area contributed by atoms with E-state index in [0.717, 1.165) is 25.8 Å². The smallest absolute Gasteiger partial charge is 0.335 e. The second-order valence-corrected chi connectivity index (χ2v) is 8.30. The lowest BCUT2D eigenvalue weighted by atomic mass is 10.1. The predicted octanol–water partition coefficient (Wildman–Crippen LogP) is 3.87. The lowest BCUT2D eigenvalue weighted by Gasteiger charge is -2.34. The van der Waals surface area contributed by atoms with Crippen LogP contribution in [0, 0.1) is 13.8 Å². The number of carboxylic acids is 1. The first-order valence-corrected chi connectivity index (χ1v) is 11.0. The average Bonchev–Trinajstić information content (AvgIpc) is 2.71. The van der Waals surface area contributed by atoms with Gasteiger partial charge >= 0.3 is 5.97 Å². The van der Waals surface area contributed by atoms with Crippen molar-refractivity contribution in [1.82, 2.24) is 0 Å². The molecule has 8 nitrogen and oxygen atoms in total. The first-order valence-electron chi connectivity index (χ1n) is 8.98. The maximum Gasteiger partial charge on any atom is 0.335 e. The number of hydrogen-bond donors (Lipinski definition) is 1. The maximum atomic E-state index is 12.2. The number of aromatic carboxylic acids is 1. The molecule has 0 bridgehead atoms. The van der Waals surface area contributed by atoms with E-state index in [2.05, 4.69) is 0 Å². The van der Waals surface area contributed by atoms with Crippen LogP contribution in [0.2, 0.25) is 0 Å². The van der Waals surface area contributed by atoms with E-state index in [1.54, 1.807) is 48.5 Å². The summed E-state index contributed by atoms with van der Waals surface area (Å²) in [6.07, 6.45) is 0. The molecule has 3 aromatic rings. The van der Waals surface area contributed by atoms with Crippen molar-refractivity contribution in [3.8, 4) is 0 Å². The fraction of sp³-hybridized carbons (Fsp3) is 0.0952. The van der Waals surface area contributed by atoms with Gasteiger partial charge in [-0.05, 0) is 56.3 Å². The molecule has 31 heavy (non-hydrogen) atoms. The minimum absolute atomic E-state index is 0.0213. The highest BCUT2D eigenvalue weighted by molar-refractivity contribution is 7.81. The highest BCUT2D eigenvalue weighted by Crippen LogP contribution is 2.40. The molecular weight excluding hydrogens is 440 g/mol. The number of carbonyl (C=O) groups is 1. The van der Waals surface area contributed by atoms with Crippen LogP contribution in [0.5, 0.6) is 0 Å². The molecule has 0 saturated carbocycles. The molecule has 2 atom stereocenters. The third kappa shape index (κ3) is 5.00. The Labute approximate surface area is 184 Å². The first-order chi connectivity index (χ1) is 14.7. The van der Waals surface area contributed by atoms with Crippen molar-refractivity contribution in [1.29, 1.82) is 0 Å². The number of nitrogens with zero attached hydrogens (tertiary/aromatic N) is 2. The van der Waals surface area contributed by atoms with E-state index in [4.69, 9.17) is 0 Å². The molecule has 0 aliphatic carbocycles. The maximum absolute atomic E-state index is 12.2. The molecule has 162 valence electrons. The Morgan fingerprint density at radius 1 is 0.742 bits per heavy atom. The largest absolute Gasteiger partial charge is 0.755 e. The van der Waals surface area contributed by atoms with Gasteiger partial charge in [0.05, 0.1) is 50.8 Å². The highest BCUT2D eigenvalue weighted by Gasteiger charge is 2.22. The zero-order valence-electron chi connectivity index (χ0n) is 16.6. The van der Waals surface area contributed by atoms with E-state index in [9.17, 15) is 27.4 Å². The molecule has 0 radical (unpaired) electrons. The van der Waals surface area contributed by atoms with Crippen LogP contribution in [0.15, 0.2) is 66.7 Å². The summed E-state index contributed by atoms with van der Waals surface area (Å²) >= 11 is -5.69. The molecule has 0 saturated heterocycles. The van der Waals surface area contributed by atoms with Crippen LogP contribution in [0.25, 0.3) is 0 Å². The minimum atomic E-state index is -2.87. The van der Waals surface area contributed by atoms with Crippen molar-refractivity contribution < 1.29 is 27.4 Å². The summed E-state index contributed by atoms with van der Waals surface area (Å²) in [5, 5.41) is 9.42. The molecule has 3 aromatic carbocycles. The zero-order valence-corrected chi connectivity index (χ0v) is 18.2. The number of aryl methyl sites for hydroxylation is 2. The summed E-state index contributed by atoms with van der Waals surface area (Å²) in [5.74, 6) is -1.28. The molecular formula is C21H18N2O6S2-2. The lowest BCUT2D eigenvalue weighted by Crippen LogP contribution is -2.26. The lowest BCUT2D eigenvalue weighted by molar-refractivity contribution is 0.0697. The Morgan fingerprint density at radius 3 is 1.55 bits per heavy atom. The molecule has 0 aliphatic rings. The van der Waals surface area contributed by atoms with Gasteiger partial charge in [0.1, 0.15) is 0 Å². The van der Waals surface area contributed by atoms with Crippen molar-refractivity contribution in [2.45, 2.75) is 13.8 Å². The molecule has 0 heterocycles. The topological polar surface area (TPSA) is 124 Å². The van der Waals surface area contributed by atoms with Crippen molar-refractivity contribution in [3.63, 3.8) is 0 Å². The molecule has 2 unspecified atom stereocenters. The molecule has 0 aromatic heterocycles. The summed E-state index contributed by atoms with van der Waals surface area (Å²) in [6.45, 7) is 3.67. The Kier molecular flexibility index (Phi) is 6.86. The van der Waals surface area contributed by atoms with Gasteiger partial charge in [-0.25, -0.2) is 4.79 Å². The summed E-state index contributed by atoms with van der Waals surface area (Å²) in [7, 11) is 0. The van der Waals surface area contributed by atoms with Crippen LogP contribution in [-0.2, 0) is 22.5 Å². The first kappa shape index (κ1) is 22.6. The van der Waals surface area contributed by atoms with E-state index >= 15 is 0 Å². The SMILES string of the molecule is Cc1ccc(N(c2ccc(C(=O)O)cc2N(c2ccc(C)cc2)S(=O)[O-])S(=O)[O-])cc1. The number of anilines is 4. The van der Waals surface area contributed by atoms with E-state index < -0.39 is 28.5 Å². The number of rotatable bonds is 7. The van der Waals surface area contributed by atoms with Crippen LogP contribution >= 0.6 is 0 Å². The summed E-state index contributed by atoms with van der Waals surface area (Å²) in [6, 6.07) is 16.7. The number of carboxylic acid groups (broad SMARTS) is 1. The molecule has 10 heteroatoms. The second-order valence-electron chi connectivity index (χ2n) is 6.70. The summed E-state index contributed by atoms with van der Waals surface area (Å²) in [5.41, 5.74) is 1.95. The standard InChI is InChI=1S/C21H20N2O6S2/c1-14-3-8-17(9-4-14)22(30(26)27)19-12-7-16(21(24)25)13-20(19)23(31(28)29)18-10-5-15(2)6-11-18/h3-13H,1-2H3,(H,24,25)(H,26,27)(H,28,29)/p-2. The van der Waals surface area contributed by atoms with Gasteiger partial charge in [-0.15, -0.1) is 0 Å². The Hall–Kier alpha value is -3.05. The Balaban J connectivity index is 2.28. The zero-order chi connectivity index (χ0) is 22.7. The highest BCUT2D eigenvalue weighted by atomic mass is 32.2. The van der Waals surface area contributed by atoms with Gasteiger partial charge in [0.15, 0.2) is 0 Å². The number of hydrogen-bond acceptors (Lipinski definition) is 5. The van der Waals surface area contributed by atoms with Gasteiger partial charge in [-0.2, -0.15) is 0 Å². The molecule has 0 amide bonds. The number of benzene rings is 3. The third-order valence-electron chi connectivity index (χ3n) is 4.50. The van der Waals surface area contributed by atoms with Gasteiger partial charge in [-0.1, -0.05) is 35.4 Å². The van der Waals surface area contributed by atoms with Gasteiger partial charge in [-0.3, -0.25) is 17.0 Å². The monoisotopic (exact) mass is 458 g/mol. The van der Waals surface area contributed by atoms with Crippen molar-refractivity contribution in [2.75, 3.05) is 8.61 Å². The normalized spacial score (nSPS) is 12.8. The Bertz CT molecular complexity index is 1150. The fourth-order valence-corrected chi connectivity index (χ4v) is 4.17. The minimum Gasteiger partial charge on any atom is -0.755 e. The summed E-state index contributed by atoms with van der Waals surface area (Å²) < 4.78 is 50.5. The molecule has 1 N–H and O–H groups in total. The van der Waals surface area contributed by atoms with Gasteiger partial charge in [0.2, 0.25) is 0 Å². The molecule has 3 rings (SSSR count). The van der Waals surface area contributed by atoms with Crippen LogP contribution < -0.4 is 8.61 Å². The van der Waals surface area contributed by atoms with Crippen LogP contribution in [0.3, 0.4) is 0 Å². The van der Waals surface area contributed by atoms with E-state index in [0.29, 0.717) is 0 Å². The van der Waals surface area contributed by atoms with E-state index in [1.807, 2.05) is 13.8 Å². The van der Waals surface area contributed by atoms with Crippen molar-refractivity contribution >= 4 is 51.3 Å². The van der Waals surface area contributed by atoms with Crippen LogP contribution in [0.4, 0.5) is 22.7 Å².